The van der Waals surface area contributed by atoms with E-state index < -0.39 is 10.0 Å². The topological polar surface area (TPSA) is 55.4 Å². The molecule has 1 aromatic carbocycles. The Balaban J connectivity index is 2.09. The molecule has 1 aromatic rings. The summed E-state index contributed by atoms with van der Waals surface area (Å²) in [4.78, 5) is 0. The molecule has 1 heterocycles. The number of benzene rings is 1. The molecular formula is C12H17NO3S. The van der Waals surface area contributed by atoms with Gasteiger partial charge in [-0.05, 0) is 25.0 Å². The summed E-state index contributed by atoms with van der Waals surface area (Å²) in [6, 6.07) is 7.81. The van der Waals surface area contributed by atoms with Crippen molar-refractivity contribution >= 4 is 10.0 Å². The highest BCUT2D eigenvalue weighted by Crippen LogP contribution is 2.32. The van der Waals surface area contributed by atoms with Gasteiger partial charge in [0.05, 0.1) is 12.4 Å². The molecule has 0 bridgehead atoms. The number of rotatable bonds is 4. The second-order valence-electron chi connectivity index (χ2n) is 4.12. The Morgan fingerprint density at radius 3 is 2.94 bits per heavy atom. The van der Waals surface area contributed by atoms with Crippen molar-refractivity contribution in [2.75, 3.05) is 18.9 Å². The van der Waals surface area contributed by atoms with E-state index in [4.69, 9.17) is 4.74 Å². The first-order valence-electron chi connectivity index (χ1n) is 5.81. The maximum absolute atomic E-state index is 11.4. The quantitative estimate of drug-likeness (QED) is 0.887. The van der Waals surface area contributed by atoms with Crippen LogP contribution in [0.3, 0.4) is 0 Å². The number of hydrogen-bond acceptors (Lipinski definition) is 3. The van der Waals surface area contributed by atoms with Gasteiger partial charge < -0.3 is 4.74 Å². The summed E-state index contributed by atoms with van der Waals surface area (Å²) in [5, 5.41) is 0. The molecule has 0 fully saturated rings. The predicted octanol–water partition coefficient (Wildman–Crippen LogP) is 1.49. The van der Waals surface area contributed by atoms with Crippen molar-refractivity contribution in [1.29, 1.82) is 0 Å². The van der Waals surface area contributed by atoms with Gasteiger partial charge in [-0.25, -0.2) is 13.1 Å². The number of ether oxygens (including phenoxy) is 1. The van der Waals surface area contributed by atoms with Crippen LogP contribution in [0.25, 0.3) is 0 Å². The molecule has 5 heteroatoms. The first kappa shape index (κ1) is 12.4. The number of hydrogen-bond donors (Lipinski definition) is 1. The zero-order valence-corrected chi connectivity index (χ0v) is 10.7. The normalized spacial score (nSPS) is 19.5. The highest BCUT2D eigenvalue weighted by molar-refractivity contribution is 7.89. The molecule has 0 spiro atoms. The molecule has 1 unspecified atom stereocenters. The highest BCUT2D eigenvalue weighted by Gasteiger charge is 2.22. The first-order chi connectivity index (χ1) is 8.12. The van der Waals surface area contributed by atoms with Crippen molar-refractivity contribution in [3.63, 3.8) is 0 Å². The summed E-state index contributed by atoms with van der Waals surface area (Å²) in [5.41, 5.74) is 1.09. The zero-order valence-electron chi connectivity index (χ0n) is 9.85. The van der Waals surface area contributed by atoms with Crippen LogP contribution in [-0.4, -0.2) is 27.3 Å². The van der Waals surface area contributed by atoms with E-state index in [1.165, 1.54) is 0 Å². The van der Waals surface area contributed by atoms with Gasteiger partial charge in [0.15, 0.2) is 0 Å². The van der Waals surface area contributed by atoms with E-state index in [0.29, 0.717) is 13.2 Å². The number of fused-ring (bicyclic) bond motifs is 1. The standard InChI is InChI=1S/C12H17NO3S/c1-2-17(14,15)13-9-10-7-8-16-12-6-4-3-5-11(10)12/h3-6,10,13H,2,7-9H2,1H3. The van der Waals surface area contributed by atoms with Gasteiger partial charge in [0, 0.05) is 12.5 Å². The van der Waals surface area contributed by atoms with E-state index in [2.05, 4.69) is 4.72 Å². The zero-order chi connectivity index (χ0) is 12.3. The Kier molecular flexibility index (Phi) is 3.69. The van der Waals surface area contributed by atoms with Gasteiger partial charge in [-0.1, -0.05) is 18.2 Å². The summed E-state index contributed by atoms with van der Waals surface area (Å²) in [6.07, 6.45) is 0.850. The van der Waals surface area contributed by atoms with Gasteiger partial charge in [-0.2, -0.15) is 0 Å². The van der Waals surface area contributed by atoms with E-state index in [0.717, 1.165) is 17.7 Å². The van der Waals surface area contributed by atoms with Crippen molar-refractivity contribution in [2.45, 2.75) is 19.3 Å². The first-order valence-corrected chi connectivity index (χ1v) is 7.46. The van der Waals surface area contributed by atoms with E-state index in [-0.39, 0.29) is 11.7 Å². The van der Waals surface area contributed by atoms with Crippen LogP contribution in [0.2, 0.25) is 0 Å². The minimum Gasteiger partial charge on any atom is -0.493 e. The third-order valence-electron chi connectivity index (χ3n) is 3.01. The lowest BCUT2D eigenvalue weighted by atomic mass is 9.93. The van der Waals surface area contributed by atoms with Crippen molar-refractivity contribution in [3.05, 3.63) is 29.8 Å². The summed E-state index contributed by atoms with van der Waals surface area (Å²) in [5.74, 6) is 1.21. The predicted molar refractivity (Wildman–Crippen MR) is 66.8 cm³/mol. The summed E-state index contributed by atoms with van der Waals surface area (Å²) < 4.78 is 31.0. The van der Waals surface area contributed by atoms with Crippen LogP contribution in [0.5, 0.6) is 5.75 Å². The molecule has 0 saturated heterocycles. The number of para-hydroxylation sites is 1. The van der Waals surface area contributed by atoms with Gasteiger partial charge in [-0.3, -0.25) is 0 Å². The Morgan fingerprint density at radius 2 is 2.18 bits per heavy atom. The van der Waals surface area contributed by atoms with Crippen LogP contribution >= 0.6 is 0 Å². The third-order valence-corrected chi connectivity index (χ3v) is 4.38. The Labute approximate surface area is 102 Å². The summed E-state index contributed by atoms with van der Waals surface area (Å²) in [6.45, 7) is 2.74. The molecule has 0 amide bonds. The monoisotopic (exact) mass is 255 g/mol. The van der Waals surface area contributed by atoms with Crippen molar-refractivity contribution in [1.82, 2.24) is 4.72 Å². The minimum absolute atomic E-state index is 0.123. The molecular weight excluding hydrogens is 238 g/mol. The van der Waals surface area contributed by atoms with Crippen molar-refractivity contribution in [3.8, 4) is 5.75 Å². The molecule has 1 N–H and O–H groups in total. The second-order valence-corrected chi connectivity index (χ2v) is 6.22. The average molecular weight is 255 g/mol. The fourth-order valence-electron chi connectivity index (χ4n) is 1.96. The van der Waals surface area contributed by atoms with E-state index in [1.54, 1.807) is 6.92 Å². The van der Waals surface area contributed by atoms with Crippen molar-refractivity contribution < 1.29 is 13.2 Å². The van der Waals surface area contributed by atoms with Gasteiger partial charge in [0.2, 0.25) is 10.0 Å². The molecule has 0 aliphatic carbocycles. The molecule has 1 aliphatic heterocycles. The molecule has 0 aromatic heterocycles. The van der Waals surface area contributed by atoms with Crippen LogP contribution < -0.4 is 9.46 Å². The molecule has 17 heavy (non-hydrogen) atoms. The highest BCUT2D eigenvalue weighted by atomic mass is 32.2. The van der Waals surface area contributed by atoms with Crippen LogP contribution in [0.15, 0.2) is 24.3 Å². The third kappa shape index (κ3) is 2.98. The van der Waals surface area contributed by atoms with E-state index in [9.17, 15) is 8.42 Å². The summed E-state index contributed by atoms with van der Waals surface area (Å²) >= 11 is 0. The molecule has 1 atom stereocenters. The lowest BCUT2D eigenvalue weighted by Crippen LogP contribution is -2.31. The lowest BCUT2D eigenvalue weighted by molar-refractivity contribution is 0.267. The van der Waals surface area contributed by atoms with Crippen LogP contribution in [-0.2, 0) is 10.0 Å². The fourth-order valence-corrected chi connectivity index (χ4v) is 2.62. The maximum atomic E-state index is 11.4. The largest absolute Gasteiger partial charge is 0.493 e. The van der Waals surface area contributed by atoms with Crippen molar-refractivity contribution in [2.24, 2.45) is 0 Å². The van der Waals surface area contributed by atoms with E-state index in [1.807, 2.05) is 24.3 Å². The molecule has 94 valence electrons. The number of sulfonamides is 1. The molecule has 4 nitrogen and oxygen atoms in total. The van der Waals surface area contributed by atoms with E-state index >= 15 is 0 Å². The molecule has 1 aliphatic rings. The SMILES string of the molecule is CCS(=O)(=O)NCC1CCOc2ccccc21. The maximum Gasteiger partial charge on any atom is 0.211 e. The Bertz CT molecular complexity index is 484. The van der Waals surface area contributed by atoms with Crippen LogP contribution in [0.4, 0.5) is 0 Å². The smallest absolute Gasteiger partial charge is 0.211 e. The molecule has 0 saturated carbocycles. The second kappa shape index (κ2) is 5.06. The molecule has 0 radical (unpaired) electrons. The van der Waals surface area contributed by atoms with Gasteiger partial charge in [-0.15, -0.1) is 0 Å². The van der Waals surface area contributed by atoms with Crippen LogP contribution in [0, 0.1) is 0 Å². The van der Waals surface area contributed by atoms with Gasteiger partial charge in [0.25, 0.3) is 0 Å². The Morgan fingerprint density at radius 1 is 1.41 bits per heavy atom. The van der Waals surface area contributed by atoms with Gasteiger partial charge in [0.1, 0.15) is 5.75 Å². The van der Waals surface area contributed by atoms with Crippen LogP contribution in [0.1, 0.15) is 24.8 Å². The Hall–Kier alpha value is -1.07. The summed E-state index contributed by atoms with van der Waals surface area (Å²) in [7, 11) is -3.11. The van der Waals surface area contributed by atoms with Gasteiger partial charge >= 0.3 is 0 Å². The number of nitrogens with one attached hydrogen (secondary N) is 1. The fraction of sp³-hybridized carbons (Fsp3) is 0.500. The lowest BCUT2D eigenvalue weighted by Gasteiger charge is -2.25. The minimum atomic E-state index is -3.11. The average Bonchev–Trinajstić information content (AvgIpc) is 2.36. The molecule has 2 rings (SSSR count).